The summed E-state index contributed by atoms with van der Waals surface area (Å²) in [7, 11) is 2.55. The fourth-order valence-corrected chi connectivity index (χ4v) is 6.20. The molecule has 5 rings (SSSR count). The van der Waals surface area contributed by atoms with E-state index in [0.717, 1.165) is 0 Å². The van der Waals surface area contributed by atoms with Gasteiger partial charge in [0.05, 0.1) is 49.3 Å². The normalized spacial score (nSPS) is 31.2. The number of hydrogen-bond acceptors (Lipinski definition) is 11. The van der Waals surface area contributed by atoms with Gasteiger partial charge >= 0.3 is 5.97 Å². The number of nitrogens with two attached hydrogens (primary N) is 1. The molecule has 0 amide bonds. The van der Waals surface area contributed by atoms with Gasteiger partial charge < -0.3 is 40.0 Å². The number of phenolic OH excluding ortho intramolecular Hbond substituents is 1. The van der Waals surface area contributed by atoms with Crippen LogP contribution < -0.4 is 10.5 Å². The highest BCUT2D eigenvalue weighted by atomic mass is 16.7. The third-order valence-corrected chi connectivity index (χ3v) is 8.39. The minimum Gasteiger partial charge on any atom is -0.507 e. The predicted octanol–water partition coefficient (Wildman–Crippen LogP) is 1.86. The van der Waals surface area contributed by atoms with Gasteiger partial charge in [-0.15, -0.1) is 0 Å². The van der Waals surface area contributed by atoms with E-state index in [1.807, 2.05) is 0 Å². The zero-order valence-corrected chi connectivity index (χ0v) is 22.7. The Hall–Kier alpha value is -3.35. The minimum atomic E-state index is -1.68. The molecule has 0 bridgehead atoms. The molecule has 11 heteroatoms. The lowest BCUT2D eigenvalue weighted by atomic mass is 9.67. The van der Waals surface area contributed by atoms with Crippen LogP contribution in [0.5, 0.6) is 11.5 Å². The summed E-state index contributed by atoms with van der Waals surface area (Å²) in [6.45, 7) is 3.34. The van der Waals surface area contributed by atoms with E-state index < -0.39 is 65.4 Å². The molecule has 6 unspecified atom stereocenters. The number of hydrogen-bond donors (Lipinski definition) is 4. The molecule has 0 saturated carbocycles. The molecule has 0 radical (unpaired) electrons. The molecule has 1 saturated heterocycles. The SMILES string of the molecule is CCC1(O)C[C@H](OC2CC(N)C(O)C(C)O2)c2c(cc3c(c2O)C(=O)c2c(OC)cccc2C3=O)C1C(=O)OC. The molecule has 7 atom stereocenters. The Balaban J connectivity index is 1.71. The van der Waals surface area contributed by atoms with Crippen LogP contribution in [0.25, 0.3) is 0 Å². The van der Waals surface area contributed by atoms with Crippen LogP contribution >= 0.6 is 0 Å². The van der Waals surface area contributed by atoms with Crippen LogP contribution in [0, 0.1) is 0 Å². The summed E-state index contributed by atoms with van der Waals surface area (Å²) < 4.78 is 22.4. The van der Waals surface area contributed by atoms with Crippen molar-refractivity contribution in [2.24, 2.45) is 5.73 Å². The Kier molecular flexibility index (Phi) is 7.22. The molecule has 0 spiro atoms. The van der Waals surface area contributed by atoms with E-state index in [4.69, 9.17) is 24.7 Å². The summed E-state index contributed by atoms with van der Waals surface area (Å²) in [4.78, 5) is 40.5. The summed E-state index contributed by atoms with van der Waals surface area (Å²) in [5, 5.41) is 33.6. The second-order valence-electron chi connectivity index (χ2n) is 10.6. The molecule has 1 fully saturated rings. The smallest absolute Gasteiger partial charge is 0.316 e. The molecule has 2 aromatic rings. The van der Waals surface area contributed by atoms with Crippen molar-refractivity contribution in [3.05, 3.63) is 57.6 Å². The van der Waals surface area contributed by atoms with Crippen LogP contribution in [0.3, 0.4) is 0 Å². The van der Waals surface area contributed by atoms with Crippen molar-refractivity contribution in [1.29, 1.82) is 0 Å². The third-order valence-electron chi connectivity index (χ3n) is 8.39. The fourth-order valence-electron chi connectivity index (χ4n) is 6.20. The monoisotopic (exact) mass is 555 g/mol. The van der Waals surface area contributed by atoms with Gasteiger partial charge in [-0.05, 0) is 31.0 Å². The zero-order chi connectivity index (χ0) is 29.1. The number of aliphatic hydroxyl groups excluding tert-OH is 1. The largest absolute Gasteiger partial charge is 0.507 e. The highest BCUT2D eigenvalue weighted by Crippen LogP contribution is 2.53. The molecule has 40 heavy (non-hydrogen) atoms. The molecule has 3 aliphatic rings. The Morgan fingerprint density at radius 2 is 1.90 bits per heavy atom. The molecule has 1 heterocycles. The lowest BCUT2D eigenvalue weighted by Crippen LogP contribution is -2.52. The van der Waals surface area contributed by atoms with E-state index in [-0.39, 0.29) is 58.4 Å². The summed E-state index contributed by atoms with van der Waals surface area (Å²) in [6, 6.07) is 5.33. The third kappa shape index (κ3) is 4.20. The number of aliphatic hydroxyl groups is 2. The van der Waals surface area contributed by atoms with Crippen LogP contribution in [0.4, 0.5) is 0 Å². The van der Waals surface area contributed by atoms with E-state index in [2.05, 4.69) is 0 Å². The Morgan fingerprint density at radius 1 is 1.18 bits per heavy atom. The first-order valence-corrected chi connectivity index (χ1v) is 13.2. The molecule has 1 aliphatic heterocycles. The van der Waals surface area contributed by atoms with Crippen molar-refractivity contribution in [2.45, 2.75) is 75.3 Å². The number of phenols is 1. The van der Waals surface area contributed by atoms with Crippen molar-refractivity contribution in [3.8, 4) is 11.5 Å². The highest BCUT2D eigenvalue weighted by Gasteiger charge is 2.53. The number of ether oxygens (including phenoxy) is 4. The molecule has 5 N–H and O–H groups in total. The van der Waals surface area contributed by atoms with Gasteiger partial charge in [0.15, 0.2) is 12.1 Å². The van der Waals surface area contributed by atoms with Crippen molar-refractivity contribution in [2.75, 3.05) is 14.2 Å². The maximum absolute atomic E-state index is 13.8. The standard InChI is InChI=1S/C29H33NO10/c1-5-29(36)11-18(40-19-10-16(30)24(31)12(2)39-19)21-14(23(29)28(35)38-4)9-15-22(27(21)34)26(33)20-13(25(15)32)7-6-8-17(20)37-3/h6-9,12,16,18-19,23-24,31,34,36H,5,10-11,30H2,1-4H3/t12?,16?,18-,19?,23?,24?,29?/m0/s1. The van der Waals surface area contributed by atoms with Crippen molar-refractivity contribution in [3.63, 3.8) is 0 Å². The van der Waals surface area contributed by atoms with E-state index in [0.29, 0.717) is 0 Å². The lowest BCUT2D eigenvalue weighted by molar-refractivity contribution is -0.248. The van der Waals surface area contributed by atoms with Crippen LogP contribution in [0.15, 0.2) is 24.3 Å². The summed E-state index contributed by atoms with van der Waals surface area (Å²) >= 11 is 0. The van der Waals surface area contributed by atoms with Crippen LogP contribution in [-0.2, 0) is 19.0 Å². The van der Waals surface area contributed by atoms with Crippen LogP contribution in [0.1, 0.15) is 88.1 Å². The second-order valence-corrected chi connectivity index (χ2v) is 10.6. The first kappa shape index (κ1) is 28.2. The molecule has 0 aromatic heterocycles. The van der Waals surface area contributed by atoms with Gasteiger partial charge in [0, 0.05) is 35.6 Å². The molecule has 11 nitrogen and oxygen atoms in total. The van der Waals surface area contributed by atoms with Gasteiger partial charge in [-0.25, -0.2) is 0 Å². The maximum Gasteiger partial charge on any atom is 0.316 e. The number of aromatic hydroxyl groups is 1. The Labute approximate surface area is 230 Å². The Bertz CT molecular complexity index is 1380. The zero-order valence-electron chi connectivity index (χ0n) is 22.7. The molecule has 214 valence electrons. The van der Waals surface area contributed by atoms with E-state index in [1.54, 1.807) is 26.0 Å². The number of methoxy groups -OCH3 is 2. The van der Waals surface area contributed by atoms with Crippen LogP contribution in [-0.4, -0.2) is 77.2 Å². The number of rotatable bonds is 5. The summed E-state index contributed by atoms with van der Waals surface area (Å²) in [5.41, 5.74) is 4.34. The number of carbonyl (C=O) groups is 3. The fraction of sp³-hybridized carbons (Fsp3) is 0.483. The van der Waals surface area contributed by atoms with Crippen LogP contribution in [0.2, 0.25) is 0 Å². The number of esters is 1. The van der Waals surface area contributed by atoms with E-state index >= 15 is 0 Å². The van der Waals surface area contributed by atoms with E-state index in [9.17, 15) is 29.7 Å². The van der Waals surface area contributed by atoms with E-state index in [1.165, 1.54) is 26.4 Å². The lowest BCUT2D eigenvalue weighted by Gasteiger charge is -2.45. The summed E-state index contributed by atoms with van der Waals surface area (Å²) in [5.74, 6) is -3.58. The van der Waals surface area contributed by atoms with Gasteiger partial charge in [-0.2, -0.15) is 0 Å². The summed E-state index contributed by atoms with van der Waals surface area (Å²) in [6.07, 6.45) is -3.47. The molecule has 2 aromatic carbocycles. The first-order chi connectivity index (χ1) is 19.0. The highest BCUT2D eigenvalue weighted by molar-refractivity contribution is 6.30. The van der Waals surface area contributed by atoms with Crippen molar-refractivity contribution in [1.82, 2.24) is 0 Å². The van der Waals surface area contributed by atoms with Crippen molar-refractivity contribution >= 4 is 17.5 Å². The van der Waals surface area contributed by atoms with Crippen molar-refractivity contribution < 1.29 is 48.7 Å². The van der Waals surface area contributed by atoms with Gasteiger partial charge in [0.25, 0.3) is 0 Å². The van der Waals surface area contributed by atoms with Gasteiger partial charge in [-0.3, -0.25) is 14.4 Å². The quantitative estimate of drug-likeness (QED) is 0.338. The molecular formula is C29H33NO10. The van der Waals surface area contributed by atoms with Gasteiger partial charge in [-0.1, -0.05) is 19.1 Å². The minimum absolute atomic E-state index is 0.0185. The first-order valence-electron chi connectivity index (χ1n) is 13.2. The number of fused-ring (bicyclic) bond motifs is 3. The number of benzene rings is 2. The van der Waals surface area contributed by atoms with Gasteiger partial charge in [0.2, 0.25) is 5.78 Å². The topological polar surface area (TPSA) is 175 Å². The average Bonchev–Trinajstić information content (AvgIpc) is 2.93. The average molecular weight is 556 g/mol. The second kappa shape index (κ2) is 10.2. The maximum atomic E-state index is 13.8. The molecular weight excluding hydrogens is 522 g/mol. The number of carbonyl (C=O) groups excluding carboxylic acids is 3. The van der Waals surface area contributed by atoms with Gasteiger partial charge in [0.1, 0.15) is 17.4 Å². The number of ketones is 2. The Morgan fingerprint density at radius 3 is 2.52 bits per heavy atom. The molecule has 2 aliphatic carbocycles. The predicted molar refractivity (Wildman–Crippen MR) is 139 cm³/mol.